The van der Waals surface area contributed by atoms with Gasteiger partial charge < -0.3 is 0 Å². The Morgan fingerprint density at radius 3 is 1.00 bits per heavy atom. The van der Waals surface area contributed by atoms with Gasteiger partial charge in [0, 0.05) is 62.8 Å². The summed E-state index contributed by atoms with van der Waals surface area (Å²) in [6, 6.07) is 0. The number of rotatable bonds is 0. The Kier molecular flexibility index (Phi) is 316. The van der Waals surface area contributed by atoms with E-state index in [9.17, 15) is 0 Å². The van der Waals surface area contributed by atoms with E-state index in [0.29, 0.717) is 0 Å². The predicted molar refractivity (Wildman–Crippen MR) is 28.4 cm³/mol. The average molecular weight is 346 g/mol. The molecule has 0 aromatic rings. The summed E-state index contributed by atoms with van der Waals surface area (Å²) in [7, 11) is 0. The summed E-state index contributed by atoms with van der Waals surface area (Å²) in [4.78, 5) is 0. The minimum atomic E-state index is 0. The van der Waals surface area contributed by atoms with E-state index < -0.39 is 0 Å². The summed E-state index contributed by atoms with van der Waals surface area (Å²) in [6.45, 7) is 0. The Bertz CT molecular complexity index is 15.5. The first-order valence-corrected chi connectivity index (χ1v) is 0. The maximum absolute atomic E-state index is 0. The average Bonchev–Trinajstić information content (AvgIpc) is 0. The molecule has 1 radical (unpaired) electrons. The van der Waals surface area contributed by atoms with Crippen LogP contribution in [0.2, 0.25) is 0 Å². The van der Waals surface area contributed by atoms with Crippen LogP contribution in [-0.2, 0) is 62.8 Å². The van der Waals surface area contributed by atoms with Gasteiger partial charge in [-0.15, -0.1) is 0 Å². The van der Waals surface area contributed by atoms with Crippen LogP contribution >= 0.6 is 0 Å². The van der Waals surface area contributed by atoms with E-state index in [0.717, 1.165) is 0 Å². The van der Waals surface area contributed by atoms with Crippen LogP contribution in [0.4, 0.5) is 0 Å². The van der Waals surface area contributed by atoms with E-state index in [4.69, 9.17) is 0 Å². The van der Waals surface area contributed by atoms with Gasteiger partial charge in [0.2, 0.25) is 0 Å². The molecular weight excluding hydrogens is 338 g/mol. The molecule has 0 bridgehead atoms. The molecular formula is H8AlAsMgMnZnZr. The first kappa shape index (κ1) is 51.7. The molecule has 0 saturated carbocycles. The molecule has 0 saturated heterocycles. The Balaban J connectivity index is 0. The molecule has 0 aliphatic heterocycles. The van der Waals surface area contributed by atoms with Crippen LogP contribution in [0.3, 0.4) is 0 Å². The SMILES string of the molecule is [AlH3].[AsH3].[MgH2].[Mn].[Zn].[Zr]. The Hall–Kier alpha value is 3.88. The molecule has 0 fully saturated rings. The van der Waals surface area contributed by atoms with Crippen molar-refractivity contribution in [1.29, 1.82) is 0 Å². The zero-order valence-electron chi connectivity index (χ0n) is 2.29. The third-order valence-corrected chi connectivity index (χ3v) is 0. The fraction of sp³-hybridized carbons (Fsp3) is 0. The van der Waals surface area contributed by atoms with Crippen LogP contribution in [-0.4, -0.2) is 58.4 Å². The molecule has 0 rings (SSSR count). The molecule has 0 aliphatic rings. The van der Waals surface area contributed by atoms with Crippen molar-refractivity contribution in [3.05, 3.63) is 0 Å². The van der Waals surface area contributed by atoms with Gasteiger partial charge >= 0.3 is 41.0 Å². The van der Waals surface area contributed by atoms with Crippen molar-refractivity contribution in [3.8, 4) is 0 Å². The van der Waals surface area contributed by atoms with Crippen molar-refractivity contribution >= 4 is 58.4 Å². The Morgan fingerprint density at radius 1 is 1.00 bits per heavy atom. The second kappa shape index (κ2) is 36.6. The maximum atomic E-state index is 0. The second-order valence-corrected chi connectivity index (χ2v) is 0. The molecule has 31 valence electrons. The monoisotopic (exact) mass is 343 g/mol. The normalized spacial score (nSPS) is 0. The number of hydrogen-bond donors (Lipinski definition) is 0. The third-order valence-electron chi connectivity index (χ3n) is 0. The zero-order valence-corrected chi connectivity index (χ0v) is 11.9. The van der Waals surface area contributed by atoms with Crippen molar-refractivity contribution in [3.63, 3.8) is 0 Å². The van der Waals surface area contributed by atoms with Crippen molar-refractivity contribution in [1.82, 2.24) is 0 Å². The summed E-state index contributed by atoms with van der Waals surface area (Å²) < 4.78 is 0. The van der Waals surface area contributed by atoms with E-state index in [1.807, 2.05) is 0 Å². The molecule has 0 aliphatic carbocycles. The van der Waals surface area contributed by atoms with Crippen molar-refractivity contribution < 1.29 is 62.8 Å². The summed E-state index contributed by atoms with van der Waals surface area (Å²) in [6.07, 6.45) is 0. The summed E-state index contributed by atoms with van der Waals surface area (Å²) in [5.74, 6) is 0. The number of hydrogen-bond acceptors (Lipinski definition) is 0. The molecule has 0 N–H and O–H groups in total. The Labute approximate surface area is 119 Å². The van der Waals surface area contributed by atoms with Crippen LogP contribution in [0.15, 0.2) is 0 Å². The Morgan fingerprint density at radius 2 is 1.00 bits per heavy atom. The molecule has 1 unspecified atom stereocenters. The van der Waals surface area contributed by atoms with Gasteiger partial charge in [0.1, 0.15) is 0 Å². The molecule has 0 nitrogen and oxygen atoms in total. The minimum absolute atomic E-state index is 0. The summed E-state index contributed by atoms with van der Waals surface area (Å²) >= 11 is 0. The van der Waals surface area contributed by atoms with Gasteiger partial charge in [0.15, 0.2) is 17.4 Å². The van der Waals surface area contributed by atoms with E-state index in [2.05, 4.69) is 0 Å². The fourth-order valence-electron chi connectivity index (χ4n) is 0. The fourth-order valence-corrected chi connectivity index (χ4v) is 0. The summed E-state index contributed by atoms with van der Waals surface area (Å²) in [5, 5.41) is 0. The molecule has 0 aromatic carbocycles. The topological polar surface area (TPSA) is 0 Å². The van der Waals surface area contributed by atoms with Crippen LogP contribution in [0.5, 0.6) is 0 Å². The first-order chi connectivity index (χ1) is 0. The molecule has 6 heteroatoms. The van der Waals surface area contributed by atoms with Crippen molar-refractivity contribution in [2.75, 3.05) is 0 Å². The molecule has 6 heavy (non-hydrogen) atoms. The van der Waals surface area contributed by atoms with E-state index >= 15 is 0 Å². The van der Waals surface area contributed by atoms with Gasteiger partial charge in [-0.05, 0) is 0 Å². The van der Waals surface area contributed by atoms with Crippen LogP contribution in [0.25, 0.3) is 0 Å². The molecule has 0 spiro atoms. The largest absolute Gasteiger partial charge is 0.316 e. The van der Waals surface area contributed by atoms with E-state index in [1.54, 1.807) is 0 Å². The molecule has 0 aromatic heterocycles. The van der Waals surface area contributed by atoms with Gasteiger partial charge in [0.25, 0.3) is 0 Å². The quantitative estimate of drug-likeness (QED) is 0.404. The summed E-state index contributed by atoms with van der Waals surface area (Å²) in [5.41, 5.74) is 0. The minimum Gasteiger partial charge on any atom is 0 e. The first-order valence-electron chi connectivity index (χ1n) is 0. The van der Waals surface area contributed by atoms with Crippen LogP contribution < -0.4 is 0 Å². The van der Waals surface area contributed by atoms with E-state index in [-0.39, 0.29) is 121 Å². The second-order valence-electron chi connectivity index (χ2n) is 0. The predicted octanol–water partition coefficient (Wildman–Crippen LogP) is -3.29. The van der Waals surface area contributed by atoms with Gasteiger partial charge in [-0.2, -0.15) is 0 Å². The maximum Gasteiger partial charge on any atom is 0.316 e. The molecule has 0 heterocycles. The van der Waals surface area contributed by atoms with Gasteiger partial charge in [-0.25, -0.2) is 0 Å². The van der Waals surface area contributed by atoms with Gasteiger partial charge in [0.05, 0.1) is 0 Å². The standard InChI is InChI=1S/Al.AsH3.Mg.Mn.Zn.Zr.5H/h;1H3;;;;;;;;;. The van der Waals surface area contributed by atoms with E-state index in [1.165, 1.54) is 0 Å². The smallest absolute Gasteiger partial charge is 0 e. The zero-order chi connectivity index (χ0) is 0. The molecule has 1 atom stereocenters. The van der Waals surface area contributed by atoms with Crippen LogP contribution in [0.1, 0.15) is 0 Å². The van der Waals surface area contributed by atoms with Gasteiger partial charge in [-0.1, -0.05) is 0 Å². The van der Waals surface area contributed by atoms with Crippen LogP contribution in [0, 0.1) is 0 Å². The molecule has 0 amide bonds. The van der Waals surface area contributed by atoms with Gasteiger partial charge in [-0.3, -0.25) is 0 Å². The third kappa shape index (κ3) is 24.8. The van der Waals surface area contributed by atoms with Crippen molar-refractivity contribution in [2.24, 2.45) is 0 Å². The van der Waals surface area contributed by atoms with Crippen molar-refractivity contribution in [2.45, 2.75) is 0 Å².